The van der Waals surface area contributed by atoms with Crippen molar-refractivity contribution in [2.24, 2.45) is 0 Å². The van der Waals surface area contributed by atoms with Crippen molar-refractivity contribution in [3.63, 3.8) is 0 Å². The summed E-state index contributed by atoms with van der Waals surface area (Å²) in [5, 5.41) is 2.81. The molecule has 0 unspecified atom stereocenters. The van der Waals surface area contributed by atoms with Gasteiger partial charge in [0.15, 0.2) is 11.5 Å². The van der Waals surface area contributed by atoms with Crippen LogP contribution in [-0.2, 0) is 4.79 Å². The average Bonchev–Trinajstić information content (AvgIpc) is 2.95. The van der Waals surface area contributed by atoms with Crippen LogP contribution in [0.4, 0.5) is 5.69 Å². The maximum atomic E-state index is 11.9. The Morgan fingerprint density at radius 1 is 1.10 bits per heavy atom. The van der Waals surface area contributed by atoms with E-state index in [2.05, 4.69) is 5.32 Å². The highest BCUT2D eigenvalue weighted by molar-refractivity contribution is 6.01. The first-order chi connectivity index (χ1) is 10.2. The molecule has 0 spiro atoms. The summed E-state index contributed by atoms with van der Waals surface area (Å²) in [5.74, 6) is 1.27. The first-order valence-electron chi connectivity index (χ1n) is 6.66. The van der Waals surface area contributed by atoms with E-state index < -0.39 is 0 Å². The predicted molar refractivity (Wildman–Crippen MR) is 81.4 cm³/mol. The van der Waals surface area contributed by atoms with Crippen molar-refractivity contribution in [2.45, 2.75) is 6.92 Å². The fourth-order valence-electron chi connectivity index (χ4n) is 2.01. The standard InChI is InChI=1S/C17H15NO3/c1-12-2-6-14(7-3-12)18-17(19)9-5-13-4-8-15-16(10-13)21-11-20-15/h2-10H,11H2,1H3,(H,18,19)/b9-5+. The Kier molecular flexibility index (Phi) is 3.60. The van der Waals surface area contributed by atoms with Crippen molar-refractivity contribution < 1.29 is 14.3 Å². The number of anilines is 1. The van der Waals surface area contributed by atoms with E-state index in [0.717, 1.165) is 22.6 Å². The first-order valence-corrected chi connectivity index (χ1v) is 6.66. The van der Waals surface area contributed by atoms with Gasteiger partial charge in [0, 0.05) is 11.8 Å². The van der Waals surface area contributed by atoms with Gasteiger partial charge in [-0.3, -0.25) is 4.79 Å². The minimum Gasteiger partial charge on any atom is -0.454 e. The zero-order chi connectivity index (χ0) is 14.7. The summed E-state index contributed by atoms with van der Waals surface area (Å²) < 4.78 is 10.5. The van der Waals surface area contributed by atoms with E-state index in [4.69, 9.17) is 9.47 Å². The molecule has 2 aromatic carbocycles. The monoisotopic (exact) mass is 281 g/mol. The summed E-state index contributed by atoms with van der Waals surface area (Å²) in [5.41, 5.74) is 2.82. The molecule has 1 aliphatic heterocycles. The third-order valence-electron chi connectivity index (χ3n) is 3.14. The van der Waals surface area contributed by atoms with E-state index in [1.807, 2.05) is 49.4 Å². The molecule has 3 rings (SSSR count). The molecular formula is C17H15NO3. The molecule has 1 aliphatic rings. The molecular weight excluding hydrogens is 266 g/mol. The van der Waals surface area contributed by atoms with Crippen molar-refractivity contribution in [1.82, 2.24) is 0 Å². The van der Waals surface area contributed by atoms with Crippen molar-refractivity contribution in [1.29, 1.82) is 0 Å². The highest BCUT2D eigenvalue weighted by atomic mass is 16.7. The van der Waals surface area contributed by atoms with Crippen molar-refractivity contribution in [3.05, 3.63) is 59.7 Å². The van der Waals surface area contributed by atoms with Gasteiger partial charge in [-0.05, 0) is 42.8 Å². The molecule has 4 nitrogen and oxygen atoms in total. The lowest BCUT2D eigenvalue weighted by molar-refractivity contribution is -0.111. The molecule has 0 aromatic heterocycles. The second kappa shape index (κ2) is 5.71. The summed E-state index contributed by atoms with van der Waals surface area (Å²) >= 11 is 0. The lowest BCUT2D eigenvalue weighted by atomic mass is 10.2. The molecule has 0 saturated carbocycles. The smallest absolute Gasteiger partial charge is 0.248 e. The van der Waals surface area contributed by atoms with E-state index in [1.54, 1.807) is 6.08 Å². The molecule has 106 valence electrons. The van der Waals surface area contributed by atoms with E-state index in [9.17, 15) is 4.79 Å². The molecule has 0 atom stereocenters. The zero-order valence-corrected chi connectivity index (χ0v) is 11.6. The number of nitrogens with one attached hydrogen (secondary N) is 1. The summed E-state index contributed by atoms with van der Waals surface area (Å²) in [6.45, 7) is 2.25. The molecule has 0 fully saturated rings. The van der Waals surface area contributed by atoms with Crippen LogP contribution in [0.15, 0.2) is 48.5 Å². The number of ether oxygens (including phenoxy) is 2. The molecule has 4 heteroatoms. The van der Waals surface area contributed by atoms with Crippen LogP contribution in [0, 0.1) is 6.92 Å². The number of carbonyl (C=O) groups excluding carboxylic acids is 1. The van der Waals surface area contributed by atoms with Gasteiger partial charge < -0.3 is 14.8 Å². The predicted octanol–water partition coefficient (Wildman–Crippen LogP) is 3.38. The van der Waals surface area contributed by atoms with Crippen molar-refractivity contribution >= 4 is 17.7 Å². The Morgan fingerprint density at radius 2 is 1.86 bits per heavy atom. The minimum atomic E-state index is -0.170. The molecule has 0 saturated heterocycles. The summed E-state index contributed by atoms with van der Waals surface area (Å²) in [7, 11) is 0. The molecule has 1 heterocycles. The molecule has 0 radical (unpaired) electrons. The van der Waals surface area contributed by atoms with Gasteiger partial charge >= 0.3 is 0 Å². The van der Waals surface area contributed by atoms with Gasteiger partial charge in [0.05, 0.1) is 0 Å². The Bertz CT molecular complexity index is 690. The van der Waals surface area contributed by atoms with Gasteiger partial charge in [-0.2, -0.15) is 0 Å². The van der Waals surface area contributed by atoms with Gasteiger partial charge in [0.25, 0.3) is 0 Å². The van der Waals surface area contributed by atoms with Crippen LogP contribution >= 0.6 is 0 Å². The highest BCUT2D eigenvalue weighted by Crippen LogP contribution is 2.32. The van der Waals surface area contributed by atoms with Gasteiger partial charge in [-0.15, -0.1) is 0 Å². The van der Waals surface area contributed by atoms with Gasteiger partial charge in [0.1, 0.15) is 0 Å². The van der Waals surface area contributed by atoms with Crippen LogP contribution in [0.2, 0.25) is 0 Å². The maximum absolute atomic E-state index is 11.9. The highest BCUT2D eigenvalue weighted by Gasteiger charge is 2.12. The summed E-state index contributed by atoms with van der Waals surface area (Å²) in [4.78, 5) is 11.9. The van der Waals surface area contributed by atoms with E-state index >= 15 is 0 Å². The molecule has 1 amide bonds. The number of hydrogen-bond acceptors (Lipinski definition) is 3. The van der Waals surface area contributed by atoms with Crippen molar-refractivity contribution in [3.8, 4) is 11.5 Å². The third-order valence-corrected chi connectivity index (χ3v) is 3.14. The molecule has 2 aromatic rings. The second-order valence-corrected chi connectivity index (χ2v) is 4.80. The van der Waals surface area contributed by atoms with Gasteiger partial charge in [0.2, 0.25) is 12.7 Å². The molecule has 1 N–H and O–H groups in total. The first kappa shape index (κ1) is 13.2. The number of rotatable bonds is 3. The van der Waals surface area contributed by atoms with Crippen LogP contribution < -0.4 is 14.8 Å². The fourth-order valence-corrected chi connectivity index (χ4v) is 2.01. The quantitative estimate of drug-likeness (QED) is 0.877. The van der Waals surface area contributed by atoms with E-state index in [-0.39, 0.29) is 12.7 Å². The van der Waals surface area contributed by atoms with Crippen LogP contribution in [0.1, 0.15) is 11.1 Å². The SMILES string of the molecule is Cc1ccc(NC(=O)/C=C/c2ccc3c(c2)OCO3)cc1. The third kappa shape index (κ3) is 3.23. The number of benzene rings is 2. The van der Waals surface area contributed by atoms with Gasteiger partial charge in [-0.1, -0.05) is 23.8 Å². The normalized spacial score (nSPS) is 12.6. The van der Waals surface area contributed by atoms with Crippen LogP contribution in [0.25, 0.3) is 6.08 Å². The largest absolute Gasteiger partial charge is 0.454 e. The Balaban J connectivity index is 1.65. The van der Waals surface area contributed by atoms with E-state index in [1.165, 1.54) is 6.08 Å². The van der Waals surface area contributed by atoms with Crippen LogP contribution in [-0.4, -0.2) is 12.7 Å². The van der Waals surface area contributed by atoms with Crippen LogP contribution in [0.3, 0.4) is 0 Å². The number of fused-ring (bicyclic) bond motifs is 1. The number of carbonyl (C=O) groups is 1. The Hall–Kier alpha value is -2.75. The number of amides is 1. The summed E-state index contributed by atoms with van der Waals surface area (Å²) in [6, 6.07) is 13.2. The number of hydrogen-bond donors (Lipinski definition) is 1. The second-order valence-electron chi connectivity index (χ2n) is 4.80. The fraction of sp³-hybridized carbons (Fsp3) is 0.118. The number of aryl methyl sites for hydroxylation is 1. The van der Waals surface area contributed by atoms with E-state index in [0.29, 0.717) is 5.75 Å². The zero-order valence-electron chi connectivity index (χ0n) is 11.6. The lowest BCUT2D eigenvalue weighted by Crippen LogP contribution is -2.07. The van der Waals surface area contributed by atoms with Crippen molar-refractivity contribution in [2.75, 3.05) is 12.1 Å². The molecule has 0 bridgehead atoms. The van der Waals surface area contributed by atoms with Gasteiger partial charge in [-0.25, -0.2) is 0 Å². The average molecular weight is 281 g/mol. The molecule has 21 heavy (non-hydrogen) atoms. The summed E-state index contributed by atoms with van der Waals surface area (Å²) in [6.07, 6.45) is 3.24. The molecule has 0 aliphatic carbocycles. The maximum Gasteiger partial charge on any atom is 0.248 e. The van der Waals surface area contributed by atoms with Crippen LogP contribution in [0.5, 0.6) is 11.5 Å². The topological polar surface area (TPSA) is 47.6 Å². The Morgan fingerprint density at radius 3 is 2.67 bits per heavy atom. The Labute approximate surface area is 123 Å². The lowest BCUT2D eigenvalue weighted by Gasteiger charge is -2.02. The minimum absolute atomic E-state index is 0.170.